The van der Waals surface area contributed by atoms with Crippen LogP contribution >= 0.6 is 320 Å². The molecule has 242 valence electrons. The lowest BCUT2D eigenvalue weighted by molar-refractivity contribution is 4.41. The normalized spacial score (nSPS) is 23.4. The lowest BCUT2D eigenvalue weighted by Gasteiger charge is -2.53. The van der Waals surface area contributed by atoms with Gasteiger partial charge in [-0.25, -0.2) is 0 Å². The molecule has 0 nitrogen and oxygen atoms in total. The molecular formula is H42P40. The SMILES string of the molecule is PPP(P)P(P(P)P)P(P(P)P(P(P)P)P(P(P(P)P)P(P)PP)P(P(P)P)P(P)PP)P(P(P)P)P(P)PP. The molecule has 0 aliphatic heterocycles. The first-order chi connectivity index (χ1) is 18.5. The van der Waals surface area contributed by atoms with Crippen molar-refractivity contribution in [3.8, 4) is 0 Å². The Balaban J connectivity index is 7.67. The van der Waals surface area contributed by atoms with Crippen molar-refractivity contribution in [1.29, 1.82) is 0 Å². The Kier molecular flexibility index (Phi) is 47.0. The van der Waals surface area contributed by atoms with Crippen LogP contribution in [0.3, 0.4) is 0 Å². The highest BCUT2D eigenvalue weighted by atomic mass is 33.5. The van der Waals surface area contributed by atoms with Crippen LogP contribution in [0.25, 0.3) is 0 Å². The second-order valence-electron chi connectivity index (χ2n) is 5.99. The molecule has 0 amide bonds. The second kappa shape index (κ2) is 32.9. The van der Waals surface area contributed by atoms with Crippen molar-refractivity contribution in [2.75, 3.05) is 0 Å². The number of hydrogen-bond acceptors (Lipinski definition) is 0. The van der Waals surface area contributed by atoms with Gasteiger partial charge in [0.25, 0.3) is 0 Å². The van der Waals surface area contributed by atoms with Crippen LogP contribution in [0.1, 0.15) is 0 Å². The standard InChI is InChI=1S/H42P40/c1-20-29(15)34(24(5)6)39(35(25(7)8)30(16)21-2)33(19)38(28(13)14)40(36(26(9)10)31(17)22-3)37(27(11)12)32(18)23-4/h20-23H,1-19H2. The third-order valence-electron chi connectivity index (χ3n) is 3.50. The van der Waals surface area contributed by atoms with Gasteiger partial charge in [0.05, 0.1) is 0 Å². The van der Waals surface area contributed by atoms with Crippen molar-refractivity contribution in [2.45, 2.75) is 0 Å². The first-order valence-electron chi connectivity index (χ1n) is 9.12. The summed E-state index contributed by atoms with van der Waals surface area (Å²) < 4.78 is 0. The third-order valence-corrected chi connectivity index (χ3v) is 283. The van der Waals surface area contributed by atoms with E-state index in [1.807, 2.05) is 0 Å². The second-order valence-corrected chi connectivity index (χ2v) is 162. The van der Waals surface area contributed by atoms with Gasteiger partial charge in [0, 0.05) is 0 Å². The Morgan fingerprint density at radius 2 is 0.450 bits per heavy atom. The number of rotatable bonds is 20. The molecule has 0 radical (unpaired) electrons. The highest BCUT2D eigenvalue weighted by Crippen LogP contribution is 3.39. The zero-order valence-electron chi connectivity index (χ0n) is 20.6. The lowest BCUT2D eigenvalue weighted by atomic mass is 28.5. The average molecular weight is 1280 g/mol. The van der Waals surface area contributed by atoms with E-state index < -0.39 is 0 Å². The van der Waals surface area contributed by atoms with E-state index in [0.717, 1.165) is 31.8 Å². The summed E-state index contributed by atoms with van der Waals surface area (Å²) >= 11 is 0. The minimum absolute atomic E-state index is 0.0127. The largest absolute Gasteiger partial charge is 0.109 e. The van der Waals surface area contributed by atoms with E-state index >= 15 is 0 Å². The minimum Gasteiger partial charge on any atom is -0.109 e. The minimum atomic E-state index is -0.119. The fourth-order valence-corrected chi connectivity index (χ4v) is 527. The Morgan fingerprint density at radius 1 is 0.250 bits per heavy atom. The first kappa shape index (κ1) is 57.2. The van der Waals surface area contributed by atoms with E-state index in [0.29, 0.717) is 0 Å². The van der Waals surface area contributed by atoms with Gasteiger partial charge in [0.1, 0.15) is 0 Å². The summed E-state index contributed by atoms with van der Waals surface area (Å²) in [6.07, 6.45) is 0. The van der Waals surface area contributed by atoms with Gasteiger partial charge in [-0.1, -0.05) is 31.8 Å². The van der Waals surface area contributed by atoms with Crippen molar-refractivity contribution >= 4 is 320 Å². The summed E-state index contributed by atoms with van der Waals surface area (Å²) in [7, 11) is 68.4. The van der Waals surface area contributed by atoms with Crippen LogP contribution in [0.4, 0.5) is 0 Å². The summed E-state index contributed by atoms with van der Waals surface area (Å²) in [5.74, 6) is 0. The molecule has 0 aromatic heterocycles. The van der Waals surface area contributed by atoms with E-state index in [2.05, 4.69) is 170 Å². The topological polar surface area (TPSA) is 0 Å². The van der Waals surface area contributed by atoms with Crippen LogP contribution in [-0.4, -0.2) is 0 Å². The van der Waals surface area contributed by atoms with Crippen molar-refractivity contribution in [3.63, 3.8) is 0 Å². The summed E-state index contributed by atoms with van der Waals surface area (Å²) in [5, 5.41) is 0. The molecule has 0 saturated heterocycles. The van der Waals surface area contributed by atoms with Crippen LogP contribution in [-0.2, 0) is 0 Å². The third kappa shape index (κ3) is 20.4. The highest BCUT2D eigenvalue weighted by molar-refractivity contribution is 9.45. The van der Waals surface area contributed by atoms with E-state index in [-0.39, 0.29) is 119 Å². The Morgan fingerprint density at radius 3 is 0.625 bits per heavy atom. The summed E-state index contributed by atoms with van der Waals surface area (Å²) in [6, 6.07) is 0. The maximum absolute atomic E-state index is 3.78. The predicted molar refractivity (Wildman–Crippen MR) is 335 cm³/mol. The average Bonchev–Trinajstić information content (AvgIpc) is 2.86. The van der Waals surface area contributed by atoms with Gasteiger partial charge in [0.2, 0.25) is 0 Å². The monoisotopic (exact) mass is 1280 g/mol. The molecule has 0 rings (SSSR count). The molecule has 0 bridgehead atoms. The first-order valence-corrected chi connectivity index (χ1v) is 82.1. The molecule has 0 aromatic carbocycles. The van der Waals surface area contributed by atoms with Crippen LogP contribution in [0.5, 0.6) is 0 Å². The number of hydrogen-bond donors (Lipinski definition) is 0. The van der Waals surface area contributed by atoms with Gasteiger partial charge >= 0.3 is 0 Å². The molecule has 40 heavy (non-hydrogen) atoms. The molecule has 0 aliphatic carbocycles. The fourth-order valence-electron chi connectivity index (χ4n) is 2.17. The van der Waals surface area contributed by atoms with E-state index in [1.54, 1.807) is 0 Å². The Bertz CT molecular complexity index is 582. The van der Waals surface area contributed by atoms with Crippen LogP contribution < -0.4 is 0 Å². The lowest BCUT2D eigenvalue weighted by Crippen LogP contribution is -1.65. The maximum atomic E-state index is 3.78. The van der Waals surface area contributed by atoms with E-state index in [1.165, 1.54) is 0 Å². The molecular weight excluding hydrogens is 1240 g/mol. The van der Waals surface area contributed by atoms with Gasteiger partial charge in [-0.3, -0.25) is 0 Å². The van der Waals surface area contributed by atoms with Crippen LogP contribution in [0.2, 0.25) is 0 Å². The van der Waals surface area contributed by atoms with Gasteiger partial charge < -0.3 is 0 Å². The molecule has 0 heterocycles. The van der Waals surface area contributed by atoms with Crippen LogP contribution in [0.15, 0.2) is 0 Å². The van der Waals surface area contributed by atoms with Crippen molar-refractivity contribution in [2.24, 2.45) is 0 Å². The van der Waals surface area contributed by atoms with Gasteiger partial charge in [-0.05, 0) is 119 Å². The van der Waals surface area contributed by atoms with Gasteiger partial charge in [-0.15, -0.1) is 170 Å². The molecule has 0 fully saturated rings. The van der Waals surface area contributed by atoms with E-state index in [4.69, 9.17) is 0 Å². The zero-order valence-corrected chi connectivity index (χ0v) is 61.7. The summed E-state index contributed by atoms with van der Waals surface area (Å²) in [5.41, 5.74) is 0. The van der Waals surface area contributed by atoms with Crippen molar-refractivity contribution in [1.82, 2.24) is 0 Å². The van der Waals surface area contributed by atoms with Gasteiger partial charge in [-0.2, -0.15) is 0 Å². The molecule has 0 spiro atoms. The molecule has 0 saturated carbocycles. The maximum Gasteiger partial charge on any atom is -0.000423 e. The van der Waals surface area contributed by atoms with Gasteiger partial charge in [0.15, 0.2) is 0 Å². The van der Waals surface area contributed by atoms with E-state index in [9.17, 15) is 0 Å². The quantitative estimate of drug-likeness (QED) is 0.107. The molecule has 0 aliphatic rings. The Labute approximate surface area is 316 Å². The van der Waals surface area contributed by atoms with Crippen molar-refractivity contribution in [3.05, 3.63) is 0 Å². The summed E-state index contributed by atoms with van der Waals surface area (Å²) in [6.45, 7) is -0.285. The highest BCUT2D eigenvalue weighted by Gasteiger charge is 2.51. The molecule has 0 aromatic rings. The Hall–Kier alpha value is 17.2. The fraction of sp³-hybridized carbons (Fsp3) is 0. The van der Waals surface area contributed by atoms with Crippen LogP contribution in [0, 0.1) is 0 Å². The zero-order chi connectivity index (χ0) is 31.6. The molecule has 33 atom stereocenters. The molecule has 33 unspecified atom stereocenters. The molecule has 0 N–H and O–H groups in total. The summed E-state index contributed by atoms with van der Waals surface area (Å²) in [4.78, 5) is 0. The molecule has 40 heteroatoms. The smallest absolute Gasteiger partial charge is 0.000423 e. The predicted octanol–water partition coefficient (Wildman–Crippen LogP) is 23.2. The van der Waals surface area contributed by atoms with Crippen molar-refractivity contribution < 1.29 is 0 Å².